The molecule has 0 saturated carbocycles. The molecule has 0 N–H and O–H groups in total. The number of para-hydroxylation sites is 1. The van der Waals surface area contributed by atoms with E-state index in [4.69, 9.17) is 9.72 Å². The second-order valence-electron chi connectivity index (χ2n) is 6.33. The van der Waals surface area contributed by atoms with Crippen LogP contribution in [0.5, 0.6) is 11.5 Å². The summed E-state index contributed by atoms with van der Waals surface area (Å²) in [4.78, 5) is 22.6. The van der Waals surface area contributed by atoms with Gasteiger partial charge in [-0.05, 0) is 49.6 Å². The van der Waals surface area contributed by atoms with Crippen molar-refractivity contribution >= 4 is 17.1 Å². The number of benzene rings is 2. The van der Waals surface area contributed by atoms with Crippen LogP contribution in [0.2, 0.25) is 0 Å². The first kappa shape index (κ1) is 18.1. The fourth-order valence-electron chi connectivity index (χ4n) is 3.05. The lowest BCUT2D eigenvalue weighted by molar-refractivity contribution is 0.101. The number of ketones is 1. The van der Waals surface area contributed by atoms with Crippen molar-refractivity contribution in [2.45, 2.75) is 13.8 Å². The van der Waals surface area contributed by atoms with Gasteiger partial charge in [0.05, 0.1) is 21.8 Å². The van der Waals surface area contributed by atoms with Crippen LogP contribution >= 0.6 is 11.3 Å². The van der Waals surface area contributed by atoms with E-state index in [1.165, 1.54) is 0 Å². The monoisotopic (exact) mass is 386 g/mol. The highest BCUT2D eigenvalue weighted by molar-refractivity contribution is 7.13. The SMILES string of the molecule is CC(=O)c1c(C)nc(-c2cccs2)nc1-c1cccc(Oc2ccccc2)c1. The van der Waals surface area contributed by atoms with E-state index in [0.717, 1.165) is 16.2 Å². The Morgan fingerprint density at radius 2 is 1.71 bits per heavy atom. The third-order valence-electron chi connectivity index (χ3n) is 4.27. The van der Waals surface area contributed by atoms with Gasteiger partial charge < -0.3 is 4.74 Å². The zero-order valence-electron chi connectivity index (χ0n) is 15.5. The summed E-state index contributed by atoms with van der Waals surface area (Å²) in [6.45, 7) is 3.40. The number of aryl methyl sites for hydroxylation is 1. The van der Waals surface area contributed by atoms with Crippen LogP contribution in [0, 0.1) is 6.92 Å². The highest BCUT2D eigenvalue weighted by Crippen LogP contribution is 2.32. The molecular weight excluding hydrogens is 368 g/mol. The van der Waals surface area contributed by atoms with Gasteiger partial charge in [0.2, 0.25) is 0 Å². The third-order valence-corrected chi connectivity index (χ3v) is 5.14. The number of rotatable bonds is 5. The van der Waals surface area contributed by atoms with Crippen molar-refractivity contribution in [1.29, 1.82) is 0 Å². The molecule has 2 heterocycles. The van der Waals surface area contributed by atoms with Crippen LogP contribution in [-0.4, -0.2) is 15.8 Å². The average molecular weight is 386 g/mol. The summed E-state index contributed by atoms with van der Waals surface area (Å²) in [6, 6.07) is 21.2. The van der Waals surface area contributed by atoms with Crippen LogP contribution < -0.4 is 4.74 Å². The van der Waals surface area contributed by atoms with Crippen molar-refractivity contribution in [2.24, 2.45) is 0 Å². The van der Waals surface area contributed by atoms with Gasteiger partial charge in [0.25, 0.3) is 0 Å². The second-order valence-corrected chi connectivity index (χ2v) is 7.28. The number of nitrogens with zero attached hydrogens (tertiary/aromatic N) is 2. The molecule has 0 unspecified atom stereocenters. The first-order valence-electron chi connectivity index (χ1n) is 8.88. The predicted molar refractivity (Wildman–Crippen MR) is 112 cm³/mol. The Hall–Kier alpha value is -3.31. The first-order chi connectivity index (χ1) is 13.6. The van der Waals surface area contributed by atoms with Gasteiger partial charge in [-0.1, -0.05) is 36.4 Å². The van der Waals surface area contributed by atoms with Gasteiger partial charge in [-0.3, -0.25) is 4.79 Å². The molecule has 0 amide bonds. The molecule has 4 nitrogen and oxygen atoms in total. The first-order valence-corrected chi connectivity index (χ1v) is 9.76. The van der Waals surface area contributed by atoms with Gasteiger partial charge in [0.15, 0.2) is 11.6 Å². The largest absolute Gasteiger partial charge is 0.457 e. The van der Waals surface area contributed by atoms with E-state index in [0.29, 0.717) is 28.5 Å². The van der Waals surface area contributed by atoms with E-state index in [9.17, 15) is 4.79 Å². The predicted octanol–water partition coefficient (Wildman–Crippen LogP) is 6.18. The van der Waals surface area contributed by atoms with Gasteiger partial charge >= 0.3 is 0 Å². The van der Waals surface area contributed by atoms with Crippen molar-refractivity contribution in [3.05, 3.63) is 83.4 Å². The Balaban J connectivity index is 1.81. The van der Waals surface area contributed by atoms with Crippen LogP contribution in [0.3, 0.4) is 0 Å². The van der Waals surface area contributed by atoms with E-state index in [1.54, 1.807) is 18.3 Å². The molecule has 28 heavy (non-hydrogen) atoms. The molecule has 4 aromatic rings. The summed E-state index contributed by atoms with van der Waals surface area (Å²) in [5.74, 6) is 2.01. The smallest absolute Gasteiger partial charge is 0.170 e. The number of carbonyl (C=O) groups is 1. The molecule has 0 bridgehead atoms. The van der Waals surface area contributed by atoms with Gasteiger partial charge in [0, 0.05) is 5.56 Å². The molecule has 0 atom stereocenters. The number of aromatic nitrogens is 2. The Labute approximate surface area is 167 Å². The van der Waals surface area contributed by atoms with Crippen molar-refractivity contribution in [1.82, 2.24) is 9.97 Å². The summed E-state index contributed by atoms with van der Waals surface area (Å²) in [7, 11) is 0. The average Bonchev–Trinajstić information content (AvgIpc) is 3.23. The number of thiophene rings is 1. The molecule has 0 aliphatic rings. The quantitative estimate of drug-likeness (QED) is 0.385. The zero-order valence-corrected chi connectivity index (χ0v) is 16.4. The molecule has 0 radical (unpaired) electrons. The van der Waals surface area contributed by atoms with Gasteiger partial charge in [-0.2, -0.15) is 0 Å². The molecule has 138 valence electrons. The molecule has 0 saturated heterocycles. The number of Topliss-reactive ketones (excluding diaryl/α,β-unsaturated/α-hetero) is 1. The fraction of sp³-hybridized carbons (Fsp3) is 0.0870. The van der Waals surface area contributed by atoms with Crippen LogP contribution in [-0.2, 0) is 0 Å². The molecule has 5 heteroatoms. The number of hydrogen-bond donors (Lipinski definition) is 0. The van der Waals surface area contributed by atoms with Crippen LogP contribution in [0.1, 0.15) is 23.0 Å². The molecule has 0 aliphatic heterocycles. The number of ether oxygens (including phenoxy) is 1. The van der Waals surface area contributed by atoms with Crippen molar-refractivity contribution in [2.75, 3.05) is 0 Å². The van der Waals surface area contributed by atoms with Crippen molar-refractivity contribution in [3.8, 4) is 33.5 Å². The molecule has 0 fully saturated rings. The summed E-state index contributed by atoms with van der Waals surface area (Å²) in [5.41, 5.74) is 2.66. The minimum atomic E-state index is -0.0559. The van der Waals surface area contributed by atoms with Crippen LogP contribution in [0.4, 0.5) is 0 Å². The van der Waals surface area contributed by atoms with E-state index in [1.807, 2.05) is 79.0 Å². The Bertz CT molecular complexity index is 1120. The second kappa shape index (κ2) is 7.74. The maximum absolute atomic E-state index is 12.3. The molecule has 0 spiro atoms. The maximum Gasteiger partial charge on any atom is 0.170 e. The highest BCUT2D eigenvalue weighted by Gasteiger charge is 2.18. The minimum Gasteiger partial charge on any atom is -0.457 e. The number of carbonyl (C=O) groups excluding carboxylic acids is 1. The van der Waals surface area contributed by atoms with Gasteiger partial charge in [-0.25, -0.2) is 9.97 Å². The standard InChI is InChI=1S/C23H18N2O2S/c1-15-21(16(2)26)22(25-23(24-15)20-12-7-13-28-20)17-8-6-11-19(14-17)27-18-9-4-3-5-10-18/h3-14H,1-2H3. The summed E-state index contributed by atoms with van der Waals surface area (Å²) >= 11 is 1.57. The van der Waals surface area contributed by atoms with Gasteiger partial charge in [0.1, 0.15) is 11.5 Å². The van der Waals surface area contributed by atoms with Crippen molar-refractivity contribution < 1.29 is 9.53 Å². The van der Waals surface area contributed by atoms with E-state index >= 15 is 0 Å². The third kappa shape index (κ3) is 3.70. The molecule has 4 rings (SSSR count). The zero-order chi connectivity index (χ0) is 19.5. The summed E-state index contributed by atoms with van der Waals surface area (Å²) < 4.78 is 5.95. The fourth-order valence-corrected chi connectivity index (χ4v) is 3.71. The molecule has 2 aromatic carbocycles. The minimum absolute atomic E-state index is 0.0559. The normalized spacial score (nSPS) is 10.6. The van der Waals surface area contributed by atoms with E-state index < -0.39 is 0 Å². The Kier molecular flexibility index (Phi) is 5.00. The van der Waals surface area contributed by atoms with Crippen LogP contribution in [0.25, 0.3) is 22.0 Å². The lowest BCUT2D eigenvalue weighted by atomic mass is 10.0. The van der Waals surface area contributed by atoms with Crippen LogP contribution in [0.15, 0.2) is 72.1 Å². The summed E-state index contributed by atoms with van der Waals surface area (Å²) in [6.07, 6.45) is 0. The topological polar surface area (TPSA) is 52.1 Å². The van der Waals surface area contributed by atoms with E-state index in [2.05, 4.69) is 4.98 Å². The van der Waals surface area contributed by atoms with Gasteiger partial charge in [-0.15, -0.1) is 11.3 Å². The highest BCUT2D eigenvalue weighted by atomic mass is 32.1. The molecule has 0 aliphatic carbocycles. The van der Waals surface area contributed by atoms with E-state index in [-0.39, 0.29) is 5.78 Å². The maximum atomic E-state index is 12.3. The molecule has 2 aromatic heterocycles. The molecular formula is C23H18N2O2S. The Morgan fingerprint density at radius 1 is 0.929 bits per heavy atom. The lowest BCUT2D eigenvalue weighted by Gasteiger charge is -2.12. The Morgan fingerprint density at radius 3 is 2.43 bits per heavy atom. The number of hydrogen-bond acceptors (Lipinski definition) is 5. The lowest BCUT2D eigenvalue weighted by Crippen LogP contribution is -2.06. The van der Waals surface area contributed by atoms with Crippen molar-refractivity contribution in [3.63, 3.8) is 0 Å². The summed E-state index contributed by atoms with van der Waals surface area (Å²) in [5, 5.41) is 1.99.